The van der Waals surface area contributed by atoms with Crippen molar-refractivity contribution < 1.29 is 14.9 Å². The second-order valence-corrected chi connectivity index (χ2v) is 8.47. The van der Waals surface area contributed by atoms with Crippen LogP contribution in [0.2, 0.25) is 0 Å². The van der Waals surface area contributed by atoms with E-state index in [-0.39, 0.29) is 0 Å². The molecule has 3 aliphatic heterocycles. The normalized spacial score (nSPS) is 36.8. The van der Waals surface area contributed by atoms with Crippen molar-refractivity contribution in [2.24, 2.45) is 0 Å². The number of β-amino-alcohol motifs (C(OH)–C–C–N with tert-alkyl or cyclic N) is 1. The average Bonchev–Trinajstić information content (AvgIpc) is 2.86. The largest absolute Gasteiger partial charge is 0.392 e. The number of likely N-dealkylation sites (tertiary alicyclic amines) is 2. The van der Waals surface area contributed by atoms with Gasteiger partial charge in [-0.2, -0.15) is 0 Å². The maximum atomic E-state index is 10.6. The lowest BCUT2D eigenvalue weighted by Crippen LogP contribution is -2.53. The lowest BCUT2D eigenvalue weighted by Gasteiger charge is -2.42. The second-order valence-electron chi connectivity index (χ2n) is 8.47. The number of hydrogen-bond donors (Lipinski definition) is 2. The van der Waals surface area contributed by atoms with E-state index in [4.69, 9.17) is 4.74 Å². The number of piperidine rings is 1. The quantitative estimate of drug-likeness (QED) is 0.796. The molecule has 0 aliphatic carbocycles. The van der Waals surface area contributed by atoms with E-state index in [1.807, 2.05) is 0 Å². The summed E-state index contributed by atoms with van der Waals surface area (Å²) in [5.74, 6) is 0. The molecule has 0 bridgehead atoms. The summed E-state index contributed by atoms with van der Waals surface area (Å²) in [5, 5.41) is 21.1. The summed E-state index contributed by atoms with van der Waals surface area (Å²) in [7, 11) is 0. The Bertz CT molecular complexity index is 390. The SMILES string of the molecule is CC1CCC(C)N1C1CCCN(CC(O)CC2(O)CCOCC2)C1. The predicted molar refractivity (Wildman–Crippen MR) is 95.1 cm³/mol. The van der Waals surface area contributed by atoms with Crippen molar-refractivity contribution in [3.63, 3.8) is 0 Å². The Kier molecular flexibility index (Phi) is 6.20. The summed E-state index contributed by atoms with van der Waals surface area (Å²) in [6.45, 7) is 8.77. The predicted octanol–water partition coefficient (Wildman–Crippen LogP) is 1.62. The zero-order chi connectivity index (χ0) is 17.2. The zero-order valence-electron chi connectivity index (χ0n) is 15.5. The first-order valence-electron chi connectivity index (χ1n) is 9.95. The van der Waals surface area contributed by atoms with Gasteiger partial charge in [0.1, 0.15) is 0 Å². The van der Waals surface area contributed by atoms with Crippen LogP contribution in [0.4, 0.5) is 0 Å². The van der Waals surface area contributed by atoms with Crippen molar-refractivity contribution in [2.45, 2.75) is 88.6 Å². The average molecular weight is 341 g/mol. The summed E-state index contributed by atoms with van der Waals surface area (Å²) in [6.07, 6.45) is 6.46. The van der Waals surface area contributed by atoms with Crippen molar-refractivity contribution in [2.75, 3.05) is 32.8 Å². The molecule has 4 unspecified atom stereocenters. The molecule has 0 aromatic rings. The van der Waals surface area contributed by atoms with E-state index in [1.54, 1.807) is 0 Å². The zero-order valence-corrected chi connectivity index (χ0v) is 15.5. The maximum Gasteiger partial charge on any atom is 0.0716 e. The van der Waals surface area contributed by atoms with Gasteiger partial charge in [-0.15, -0.1) is 0 Å². The van der Waals surface area contributed by atoms with Crippen LogP contribution in [0.25, 0.3) is 0 Å². The third-order valence-corrected chi connectivity index (χ3v) is 6.43. The van der Waals surface area contributed by atoms with E-state index >= 15 is 0 Å². The lowest BCUT2D eigenvalue weighted by molar-refractivity contribution is -0.0906. The number of nitrogens with zero attached hydrogens (tertiary/aromatic N) is 2. The van der Waals surface area contributed by atoms with Crippen molar-refractivity contribution in [1.82, 2.24) is 9.80 Å². The van der Waals surface area contributed by atoms with Crippen LogP contribution in [0, 0.1) is 0 Å². The Labute approximate surface area is 147 Å². The first kappa shape index (κ1) is 18.6. The Morgan fingerprint density at radius 3 is 2.46 bits per heavy atom. The molecule has 140 valence electrons. The molecule has 3 fully saturated rings. The Morgan fingerprint density at radius 2 is 1.79 bits per heavy atom. The third kappa shape index (κ3) is 4.50. The molecule has 0 aromatic heterocycles. The van der Waals surface area contributed by atoms with Crippen LogP contribution in [0.1, 0.15) is 58.8 Å². The van der Waals surface area contributed by atoms with Crippen LogP contribution in [-0.4, -0.2) is 82.7 Å². The van der Waals surface area contributed by atoms with Crippen LogP contribution in [0.3, 0.4) is 0 Å². The molecule has 4 atom stereocenters. The number of rotatable bonds is 5. The fourth-order valence-electron chi connectivity index (χ4n) is 5.13. The van der Waals surface area contributed by atoms with E-state index < -0.39 is 11.7 Å². The molecular formula is C19H36N2O3. The molecule has 0 amide bonds. The Morgan fingerprint density at radius 1 is 1.12 bits per heavy atom. The van der Waals surface area contributed by atoms with Gasteiger partial charge in [-0.25, -0.2) is 0 Å². The Balaban J connectivity index is 1.49. The van der Waals surface area contributed by atoms with Crippen LogP contribution in [0.5, 0.6) is 0 Å². The van der Waals surface area contributed by atoms with Crippen molar-refractivity contribution in [3.05, 3.63) is 0 Å². The summed E-state index contributed by atoms with van der Waals surface area (Å²) in [5.41, 5.74) is -0.731. The molecular weight excluding hydrogens is 304 g/mol. The topological polar surface area (TPSA) is 56.2 Å². The fourth-order valence-corrected chi connectivity index (χ4v) is 5.13. The molecule has 2 N–H and O–H groups in total. The van der Waals surface area contributed by atoms with Gasteiger partial charge < -0.3 is 14.9 Å². The van der Waals surface area contributed by atoms with Crippen molar-refractivity contribution >= 4 is 0 Å². The molecule has 0 radical (unpaired) electrons. The first-order chi connectivity index (χ1) is 11.5. The van der Waals surface area contributed by atoms with Crippen LogP contribution in [-0.2, 0) is 4.74 Å². The van der Waals surface area contributed by atoms with Gasteiger partial charge in [-0.1, -0.05) is 0 Å². The number of hydrogen-bond acceptors (Lipinski definition) is 5. The minimum atomic E-state index is -0.731. The minimum absolute atomic E-state index is 0.444. The molecule has 0 aromatic carbocycles. The monoisotopic (exact) mass is 340 g/mol. The van der Waals surface area contributed by atoms with Gasteiger partial charge >= 0.3 is 0 Å². The standard InChI is InChI=1S/C19H36N2O3/c1-15-5-6-16(2)21(15)17-4-3-9-20(13-17)14-18(22)12-19(23)7-10-24-11-8-19/h15-18,22-23H,3-14H2,1-2H3. The summed E-state index contributed by atoms with van der Waals surface area (Å²) < 4.78 is 5.33. The van der Waals surface area contributed by atoms with E-state index in [0.29, 0.717) is 57.1 Å². The van der Waals surface area contributed by atoms with Crippen LogP contribution >= 0.6 is 0 Å². The second kappa shape index (κ2) is 8.00. The summed E-state index contributed by atoms with van der Waals surface area (Å²) in [6, 6.07) is 2.01. The van der Waals surface area contributed by atoms with Gasteiger partial charge in [-0.3, -0.25) is 9.80 Å². The van der Waals surface area contributed by atoms with E-state index in [1.165, 1.54) is 25.7 Å². The highest BCUT2D eigenvalue weighted by Crippen LogP contribution is 2.30. The molecule has 3 heterocycles. The van der Waals surface area contributed by atoms with Gasteiger partial charge in [0, 0.05) is 50.8 Å². The van der Waals surface area contributed by atoms with Gasteiger partial charge in [0.25, 0.3) is 0 Å². The smallest absolute Gasteiger partial charge is 0.0716 e. The lowest BCUT2D eigenvalue weighted by atomic mass is 9.88. The van der Waals surface area contributed by atoms with Gasteiger partial charge in [-0.05, 0) is 58.9 Å². The van der Waals surface area contributed by atoms with Gasteiger partial charge in [0.2, 0.25) is 0 Å². The minimum Gasteiger partial charge on any atom is -0.392 e. The van der Waals surface area contributed by atoms with Crippen molar-refractivity contribution in [3.8, 4) is 0 Å². The van der Waals surface area contributed by atoms with Crippen LogP contribution in [0.15, 0.2) is 0 Å². The molecule has 3 aliphatic rings. The van der Waals surface area contributed by atoms with E-state index in [0.717, 1.165) is 13.1 Å². The molecule has 3 rings (SSSR count). The van der Waals surface area contributed by atoms with Gasteiger partial charge in [0.05, 0.1) is 11.7 Å². The number of aliphatic hydroxyl groups excluding tert-OH is 1. The molecule has 24 heavy (non-hydrogen) atoms. The number of aliphatic hydroxyl groups is 2. The summed E-state index contributed by atoms with van der Waals surface area (Å²) >= 11 is 0. The highest BCUT2D eigenvalue weighted by molar-refractivity contribution is 4.92. The number of ether oxygens (including phenoxy) is 1. The van der Waals surface area contributed by atoms with E-state index in [9.17, 15) is 10.2 Å². The van der Waals surface area contributed by atoms with Gasteiger partial charge in [0.15, 0.2) is 0 Å². The third-order valence-electron chi connectivity index (χ3n) is 6.43. The highest BCUT2D eigenvalue weighted by Gasteiger charge is 2.37. The molecule has 0 saturated carbocycles. The molecule has 3 saturated heterocycles. The van der Waals surface area contributed by atoms with E-state index in [2.05, 4.69) is 23.6 Å². The molecule has 5 nitrogen and oxygen atoms in total. The fraction of sp³-hybridized carbons (Fsp3) is 1.00. The maximum absolute atomic E-state index is 10.6. The first-order valence-corrected chi connectivity index (χ1v) is 9.95. The summed E-state index contributed by atoms with van der Waals surface area (Å²) in [4.78, 5) is 5.13. The Hall–Kier alpha value is -0.200. The molecule has 5 heteroatoms. The van der Waals surface area contributed by atoms with Crippen molar-refractivity contribution in [1.29, 1.82) is 0 Å². The highest BCUT2D eigenvalue weighted by atomic mass is 16.5. The molecule has 0 spiro atoms. The van der Waals surface area contributed by atoms with Crippen LogP contribution < -0.4 is 0 Å².